The predicted octanol–water partition coefficient (Wildman–Crippen LogP) is 3.52. The Bertz CT molecular complexity index is 533. The standard InChI is InChI=1S/C16H22Cl2N2O/c1-4-20(13-7-5-6-12(2)10-13)9-8-19-14(21)15(3)11-16(15,17)18/h5-7,10H,4,8-9,11H2,1-3H3,(H,19,21). The van der Waals surface area contributed by atoms with E-state index in [1.165, 1.54) is 11.3 Å². The van der Waals surface area contributed by atoms with Gasteiger partial charge in [-0.1, -0.05) is 12.1 Å². The average molecular weight is 329 g/mol. The maximum Gasteiger partial charge on any atom is 0.229 e. The molecule has 1 aromatic carbocycles. The van der Waals surface area contributed by atoms with E-state index in [2.05, 4.69) is 42.3 Å². The number of rotatable bonds is 6. The van der Waals surface area contributed by atoms with E-state index in [0.29, 0.717) is 13.0 Å². The number of benzene rings is 1. The molecule has 2 rings (SSSR count). The highest BCUT2D eigenvalue weighted by atomic mass is 35.5. The van der Waals surface area contributed by atoms with Crippen molar-refractivity contribution in [1.82, 2.24) is 5.32 Å². The van der Waals surface area contributed by atoms with E-state index in [4.69, 9.17) is 23.2 Å². The maximum absolute atomic E-state index is 12.1. The van der Waals surface area contributed by atoms with Crippen LogP contribution in [0.25, 0.3) is 0 Å². The quantitative estimate of drug-likeness (QED) is 0.810. The van der Waals surface area contributed by atoms with E-state index in [1.807, 2.05) is 6.07 Å². The Balaban J connectivity index is 1.86. The normalized spacial score (nSPS) is 22.7. The van der Waals surface area contributed by atoms with Crippen LogP contribution in [0, 0.1) is 12.3 Å². The highest BCUT2D eigenvalue weighted by Gasteiger charge is 2.67. The second-order valence-electron chi connectivity index (χ2n) is 5.89. The molecule has 0 aromatic heterocycles. The molecular formula is C16H22Cl2N2O. The van der Waals surface area contributed by atoms with E-state index >= 15 is 0 Å². The van der Waals surface area contributed by atoms with Crippen LogP contribution in [0.4, 0.5) is 5.69 Å². The first-order chi connectivity index (χ1) is 9.80. The van der Waals surface area contributed by atoms with Crippen molar-refractivity contribution >= 4 is 34.8 Å². The van der Waals surface area contributed by atoms with Gasteiger partial charge in [0, 0.05) is 25.3 Å². The highest BCUT2D eigenvalue weighted by Crippen LogP contribution is 2.63. The third-order valence-electron chi connectivity index (χ3n) is 4.17. The van der Waals surface area contributed by atoms with Gasteiger partial charge in [0.25, 0.3) is 0 Å². The SMILES string of the molecule is CCN(CCNC(=O)C1(C)CC1(Cl)Cl)c1cccc(C)c1. The van der Waals surface area contributed by atoms with Gasteiger partial charge in [-0.25, -0.2) is 0 Å². The molecule has 116 valence electrons. The van der Waals surface area contributed by atoms with Crippen LogP contribution in [-0.4, -0.2) is 29.9 Å². The van der Waals surface area contributed by atoms with Gasteiger partial charge < -0.3 is 10.2 Å². The summed E-state index contributed by atoms with van der Waals surface area (Å²) in [5.41, 5.74) is 1.76. The molecular weight excluding hydrogens is 307 g/mol. The number of aryl methyl sites for hydroxylation is 1. The molecule has 0 aliphatic heterocycles. The second kappa shape index (κ2) is 6.05. The number of carbonyl (C=O) groups is 1. The van der Waals surface area contributed by atoms with Gasteiger partial charge in [-0.3, -0.25) is 4.79 Å². The van der Waals surface area contributed by atoms with Crippen LogP contribution in [-0.2, 0) is 4.79 Å². The third-order valence-corrected chi connectivity index (χ3v) is 5.28. The van der Waals surface area contributed by atoms with Crippen molar-refractivity contribution in [3.05, 3.63) is 29.8 Å². The Morgan fingerprint density at radius 1 is 1.43 bits per heavy atom. The lowest BCUT2D eigenvalue weighted by Crippen LogP contribution is -2.39. The number of carbonyl (C=O) groups excluding carboxylic acids is 1. The van der Waals surface area contributed by atoms with Crippen LogP contribution in [0.5, 0.6) is 0 Å². The summed E-state index contributed by atoms with van der Waals surface area (Å²) in [6.07, 6.45) is 0.518. The number of halogens is 2. The van der Waals surface area contributed by atoms with Crippen LogP contribution in [0.1, 0.15) is 25.8 Å². The summed E-state index contributed by atoms with van der Waals surface area (Å²) < 4.78 is -0.905. The van der Waals surface area contributed by atoms with Crippen molar-refractivity contribution in [2.45, 2.75) is 31.5 Å². The Kier molecular flexibility index (Phi) is 4.74. The number of hydrogen-bond donors (Lipinski definition) is 1. The molecule has 1 unspecified atom stereocenters. The Hall–Kier alpha value is -0.930. The monoisotopic (exact) mass is 328 g/mol. The van der Waals surface area contributed by atoms with E-state index in [9.17, 15) is 4.79 Å². The largest absolute Gasteiger partial charge is 0.370 e. The van der Waals surface area contributed by atoms with Crippen LogP contribution in [0.15, 0.2) is 24.3 Å². The van der Waals surface area contributed by atoms with Crippen LogP contribution >= 0.6 is 23.2 Å². The minimum atomic E-state index is -0.905. The minimum Gasteiger partial charge on any atom is -0.370 e. The molecule has 0 radical (unpaired) electrons. The van der Waals surface area contributed by atoms with Gasteiger partial charge in [0.1, 0.15) is 4.33 Å². The van der Waals surface area contributed by atoms with E-state index < -0.39 is 9.75 Å². The molecule has 1 fully saturated rings. The summed E-state index contributed by atoms with van der Waals surface area (Å²) in [5.74, 6) is -0.0622. The van der Waals surface area contributed by atoms with Gasteiger partial charge >= 0.3 is 0 Å². The average Bonchev–Trinajstić information content (AvgIpc) is 2.95. The van der Waals surface area contributed by atoms with Crippen LogP contribution in [0.2, 0.25) is 0 Å². The Morgan fingerprint density at radius 2 is 2.10 bits per heavy atom. The fourth-order valence-electron chi connectivity index (χ4n) is 2.44. The van der Waals surface area contributed by atoms with E-state index in [1.54, 1.807) is 6.92 Å². The van der Waals surface area contributed by atoms with E-state index in [0.717, 1.165) is 13.1 Å². The van der Waals surface area contributed by atoms with Crippen molar-refractivity contribution in [3.63, 3.8) is 0 Å². The minimum absolute atomic E-state index is 0.0622. The summed E-state index contributed by atoms with van der Waals surface area (Å²) in [4.78, 5) is 14.3. The Labute approximate surface area is 136 Å². The summed E-state index contributed by atoms with van der Waals surface area (Å²) >= 11 is 12.0. The van der Waals surface area contributed by atoms with Crippen molar-refractivity contribution < 1.29 is 4.79 Å². The lowest BCUT2D eigenvalue weighted by molar-refractivity contribution is -0.125. The summed E-state index contributed by atoms with van der Waals surface area (Å²) in [6, 6.07) is 8.36. The Morgan fingerprint density at radius 3 is 2.62 bits per heavy atom. The van der Waals surface area contributed by atoms with Gasteiger partial charge in [-0.2, -0.15) is 0 Å². The fourth-order valence-corrected chi connectivity index (χ4v) is 3.15. The zero-order chi connectivity index (χ0) is 15.7. The van der Waals surface area contributed by atoms with Gasteiger partial charge in [-0.15, -0.1) is 23.2 Å². The lowest BCUT2D eigenvalue weighted by atomic mass is 10.1. The molecule has 1 atom stereocenters. The number of alkyl halides is 2. The third kappa shape index (κ3) is 3.46. The first-order valence-electron chi connectivity index (χ1n) is 7.28. The first-order valence-corrected chi connectivity index (χ1v) is 8.03. The maximum atomic E-state index is 12.1. The molecule has 5 heteroatoms. The van der Waals surface area contributed by atoms with Gasteiger partial charge in [0.2, 0.25) is 5.91 Å². The molecule has 0 heterocycles. The smallest absolute Gasteiger partial charge is 0.229 e. The molecule has 1 aliphatic rings. The number of amides is 1. The molecule has 3 nitrogen and oxygen atoms in total. The van der Waals surface area contributed by atoms with Gasteiger partial charge in [0.15, 0.2) is 0 Å². The molecule has 1 aliphatic carbocycles. The molecule has 1 aromatic rings. The topological polar surface area (TPSA) is 32.3 Å². The summed E-state index contributed by atoms with van der Waals surface area (Å²) in [6.45, 7) is 8.23. The molecule has 0 spiro atoms. The summed E-state index contributed by atoms with van der Waals surface area (Å²) in [5, 5.41) is 2.94. The van der Waals surface area contributed by atoms with Crippen molar-refractivity contribution in [1.29, 1.82) is 0 Å². The van der Waals surface area contributed by atoms with Crippen molar-refractivity contribution in [3.8, 4) is 0 Å². The highest BCUT2D eigenvalue weighted by molar-refractivity contribution is 6.53. The van der Waals surface area contributed by atoms with E-state index in [-0.39, 0.29) is 5.91 Å². The van der Waals surface area contributed by atoms with Crippen molar-refractivity contribution in [2.75, 3.05) is 24.5 Å². The lowest BCUT2D eigenvalue weighted by Gasteiger charge is -2.24. The number of nitrogens with one attached hydrogen (secondary N) is 1. The van der Waals surface area contributed by atoms with Crippen LogP contribution < -0.4 is 10.2 Å². The molecule has 21 heavy (non-hydrogen) atoms. The molecule has 1 N–H and O–H groups in total. The molecule has 1 amide bonds. The zero-order valence-corrected chi connectivity index (χ0v) is 14.3. The van der Waals surface area contributed by atoms with Crippen LogP contribution in [0.3, 0.4) is 0 Å². The number of anilines is 1. The first kappa shape index (κ1) is 16.4. The fraction of sp³-hybridized carbons (Fsp3) is 0.562. The second-order valence-corrected chi connectivity index (χ2v) is 7.37. The van der Waals surface area contributed by atoms with Crippen molar-refractivity contribution in [2.24, 2.45) is 5.41 Å². The summed E-state index contributed by atoms with van der Waals surface area (Å²) in [7, 11) is 0. The zero-order valence-electron chi connectivity index (χ0n) is 12.7. The predicted molar refractivity (Wildman–Crippen MR) is 89.2 cm³/mol. The van der Waals surface area contributed by atoms with Gasteiger partial charge in [0.05, 0.1) is 5.41 Å². The molecule has 1 saturated carbocycles. The number of hydrogen-bond acceptors (Lipinski definition) is 2. The number of likely N-dealkylation sites (N-methyl/N-ethyl adjacent to an activating group) is 1. The van der Waals surface area contributed by atoms with Gasteiger partial charge in [-0.05, 0) is 44.9 Å². The molecule has 0 saturated heterocycles. The number of nitrogens with zero attached hydrogens (tertiary/aromatic N) is 1. The molecule has 0 bridgehead atoms.